The van der Waals surface area contributed by atoms with Crippen LogP contribution in [0.2, 0.25) is 0 Å². The molecule has 0 aromatic heterocycles. The molecule has 0 amide bonds. The lowest BCUT2D eigenvalue weighted by atomic mass is 10.4. The number of methoxy groups -OCH3 is 1. The molecule has 0 spiro atoms. The maximum Gasteiger partial charge on any atom is 0.0655 e. The molecular formula is C6H13OP. The van der Waals surface area contributed by atoms with Crippen molar-refractivity contribution in [2.45, 2.75) is 12.8 Å². The molecule has 0 aromatic rings. The Balaban J connectivity index is 2.06. The van der Waals surface area contributed by atoms with Crippen molar-refractivity contribution in [3.63, 3.8) is 0 Å². The van der Waals surface area contributed by atoms with Gasteiger partial charge >= 0.3 is 0 Å². The summed E-state index contributed by atoms with van der Waals surface area (Å²) in [7, 11) is 2.14. The molecule has 0 aromatic carbocycles. The summed E-state index contributed by atoms with van der Waals surface area (Å²) in [5.74, 6) is 0. The van der Waals surface area contributed by atoms with Crippen molar-refractivity contribution in [1.82, 2.24) is 0 Å². The molecule has 2 heteroatoms. The summed E-state index contributed by atoms with van der Waals surface area (Å²) in [6.45, 7) is 0. The van der Waals surface area contributed by atoms with Gasteiger partial charge in [0.05, 0.1) is 6.35 Å². The van der Waals surface area contributed by atoms with Crippen molar-refractivity contribution in [1.29, 1.82) is 0 Å². The van der Waals surface area contributed by atoms with Crippen LogP contribution in [0.15, 0.2) is 0 Å². The maximum atomic E-state index is 5.05. The highest BCUT2D eigenvalue weighted by Gasteiger charge is 2.12. The van der Waals surface area contributed by atoms with Crippen molar-refractivity contribution in [2.24, 2.45) is 0 Å². The fourth-order valence-electron chi connectivity index (χ4n) is 1.09. The maximum absolute atomic E-state index is 5.05. The van der Waals surface area contributed by atoms with Crippen molar-refractivity contribution in [3.05, 3.63) is 0 Å². The van der Waals surface area contributed by atoms with Crippen LogP contribution in [0.4, 0.5) is 0 Å². The molecule has 0 saturated carbocycles. The van der Waals surface area contributed by atoms with Gasteiger partial charge < -0.3 is 4.74 Å². The molecule has 48 valence electrons. The van der Waals surface area contributed by atoms with Crippen LogP contribution < -0.4 is 0 Å². The average molecular weight is 132 g/mol. The highest BCUT2D eigenvalue weighted by Crippen LogP contribution is 2.42. The molecule has 1 saturated heterocycles. The smallest absolute Gasteiger partial charge is 0.0655 e. The zero-order valence-corrected chi connectivity index (χ0v) is 6.29. The Kier molecular flexibility index (Phi) is 2.78. The molecule has 0 aliphatic carbocycles. The topological polar surface area (TPSA) is 9.23 Å². The Morgan fingerprint density at radius 3 is 2.50 bits per heavy atom. The first kappa shape index (κ1) is 6.51. The third-order valence-electron chi connectivity index (χ3n) is 1.51. The molecule has 1 rings (SSSR count). The van der Waals surface area contributed by atoms with Gasteiger partial charge in [-0.3, -0.25) is 0 Å². The normalized spacial score (nSPS) is 22.1. The minimum Gasteiger partial charge on any atom is -0.380 e. The summed E-state index contributed by atoms with van der Waals surface area (Å²) in [5, 5.41) is 0. The van der Waals surface area contributed by atoms with Crippen LogP contribution in [0.25, 0.3) is 0 Å². The lowest BCUT2D eigenvalue weighted by molar-refractivity contribution is 0.255. The van der Waals surface area contributed by atoms with Gasteiger partial charge in [0.1, 0.15) is 0 Å². The van der Waals surface area contributed by atoms with E-state index in [1.54, 1.807) is 7.11 Å². The number of ether oxygens (including phenoxy) is 1. The first-order valence-electron chi connectivity index (χ1n) is 3.15. The molecule has 0 unspecified atom stereocenters. The van der Waals surface area contributed by atoms with Gasteiger partial charge in [-0.15, -0.1) is 0 Å². The van der Waals surface area contributed by atoms with Crippen molar-refractivity contribution >= 4 is 7.92 Å². The summed E-state index contributed by atoms with van der Waals surface area (Å²) >= 11 is 0. The number of hydrogen-bond acceptors (Lipinski definition) is 1. The van der Waals surface area contributed by atoms with Gasteiger partial charge in [-0.25, -0.2) is 0 Å². The Bertz CT molecular complexity index is 59.5. The van der Waals surface area contributed by atoms with Crippen LogP contribution in [0, 0.1) is 0 Å². The molecule has 1 aliphatic rings. The zero-order valence-electron chi connectivity index (χ0n) is 5.39. The third kappa shape index (κ3) is 1.72. The van der Waals surface area contributed by atoms with E-state index in [0.29, 0.717) is 7.92 Å². The van der Waals surface area contributed by atoms with Crippen LogP contribution in [0.1, 0.15) is 12.8 Å². The fraction of sp³-hybridized carbons (Fsp3) is 1.00. The van der Waals surface area contributed by atoms with Gasteiger partial charge in [0.2, 0.25) is 0 Å². The number of hydrogen-bond donors (Lipinski definition) is 0. The van der Waals surface area contributed by atoms with E-state index in [-0.39, 0.29) is 0 Å². The molecule has 0 atom stereocenters. The summed E-state index contributed by atoms with van der Waals surface area (Å²) in [6, 6.07) is 0. The second-order valence-corrected chi connectivity index (χ2v) is 4.74. The van der Waals surface area contributed by atoms with Crippen LogP contribution in [-0.2, 0) is 4.74 Å². The molecule has 0 radical (unpaired) electrons. The third-order valence-corrected chi connectivity index (χ3v) is 4.03. The van der Waals surface area contributed by atoms with E-state index in [0.717, 1.165) is 6.35 Å². The van der Waals surface area contributed by atoms with Gasteiger partial charge in [0.15, 0.2) is 0 Å². The highest BCUT2D eigenvalue weighted by molar-refractivity contribution is 7.57. The van der Waals surface area contributed by atoms with Crippen LogP contribution in [0.5, 0.6) is 0 Å². The van der Waals surface area contributed by atoms with Crippen LogP contribution in [0.3, 0.4) is 0 Å². The molecular weight excluding hydrogens is 119 g/mol. The van der Waals surface area contributed by atoms with Crippen molar-refractivity contribution in [2.75, 3.05) is 25.8 Å². The van der Waals surface area contributed by atoms with E-state index in [1.165, 1.54) is 25.2 Å². The monoisotopic (exact) mass is 132 g/mol. The predicted octanol–water partition coefficient (Wildman–Crippen LogP) is 1.87. The molecule has 1 heterocycles. The van der Waals surface area contributed by atoms with Crippen molar-refractivity contribution in [3.8, 4) is 0 Å². The average Bonchev–Trinajstić information content (AvgIpc) is 2.19. The first-order chi connectivity index (χ1) is 3.93. The summed E-state index contributed by atoms with van der Waals surface area (Å²) in [4.78, 5) is 0. The summed E-state index contributed by atoms with van der Waals surface area (Å²) in [5.41, 5.74) is 0. The largest absolute Gasteiger partial charge is 0.380 e. The van der Waals surface area contributed by atoms with E-state index in [2.05, 4.69) is 0 Å². The summed E-state index contributed by atoms with van der Waals surface area (Å²) in [6.07, 6.45) is 6.88. The minimum absolute atomic E-state index is 0.333. The van der Waals surface area contributed by atoms with Crippen LogP contribution in [-0.4, -0.2) is 25.8 Å². The Morgan fingerprint density at radius 1 is 1.38 bits per heavy atom. The van der Waals surface area contributed by atoms with E-state index in [9.17, 15) is 0 Å². The molecule has 1 aliphatic heterocycles. The second kappa shape index (κ2) is 3.42. The van der Waals surface area contributed by atoms with E-state index >= 15 is 0 Å². The minimum atomic E-state index is 0.333. The van der Waals surface area contributed by atoms with Gasteiger partial charge in [0, 0.05) is 7.11 Å². The zero-order chi connectivity index (χ0) is 5.82. The second-order valence-electron chi connectivity index (χ2n) is 2.24. The van der Waals surface area contributed by atoms with Gasteiger partial charge in [0.25, 0.3) is 0 Å². The van der Waals surface area contributed by atoms with Crippen molar-refractivity contribution < 1.29 is 4.74 Å². The quantitative estimate of drug-likeness (QED) is 0.521. The van der Waals surface area contributed by atoms with Crippen LogP contribution >= 0.6 is 7.92 Å². The Hall–Kier alpha value is 0.390. The molecule has 0 N–H and O–H groups in total. The fourth-order valence-corrected chi connectivity index (χ4v) is 3.28. The Morgan fingerprint density at radius 2 is 2.00 bits per heavy atom. The lowest BCUT2D eigenvalue weighted by Crippen LogP contribution is -1.86. The molecule has 8 heavy (non-hydrogen) atoms. The number of rotatable bonds is 2. The highest BCUT2D eigenvalue weighted by atomic mass is 31.1. The van der Waals surface area contributed by atoms with Gasteiger partial charge in [-0.2, -0.15) is 0 Å². The Labute approximate surface area is 52.2 Å². The SMILES string of the molecule is COCP1CCCC1. The van der Waals surface area contributed by atoms with E-state index < -0.39 is 0 Å². The predicted molar refractivity (Wildman–Crippen MR) is 37.8 cm³/mol. The first-order valence-corrected chi connectivity index (χ1v) is 5.04. The van der Waals surface area contributed by atoms with E-state index in [4.69, 9.17) is 4.74 Å². The van der Waals surface area contributed by atoms with E-state index in [1.807, 2.05) is 0 Å². The molecule has 0 bridgehead atoms. The molecule has 1 fully saturated rings. The van der Waals surface area contributed by atoms with Gasteiger partial charge in [-0.1, -0.05) is 7.92 Å². The summed E-state index contributed by atoms with van der Waals surface area (Å²) < 4.78 is 5.05. The standard InChI is InChI=1S/C6H13OP/c1-7-6-8-4-2-3-5-8/h2-6H2,1H3. The lowest BCUT2D eigenvalue weighted by Gasteiger charge is -2.05. The van der Waals surface area contributed by atoms with Gasteiger partial charge in [-0.05, 0) is 25.2 Å². The molecule has 1 nitrogen and oxygen atoms in total.